The average molecular weight is 365 g/mol. The number of rotatable bonds is 5. The van der Waals surface area contributed by atoms with E-state index in [0.29, 0.717) is 0 Å². The molecule has 0 fully saturated rings. The van der Waals surface area contributed by atoms with Gasteiger partial charge in [0.2, 0.25) is 0 Å². The summed E-state index contributed by atoms with van der Waals surface area (Å²) >= 11 is 3.31. The topological polar surface area (TPSA) is 56.5 Å². The van der Waals surface area contributed by atoms with Gasteiger partial charge in [-0.15, -0.1) is 21.5 Å². The van der Waals surface area contributed by atoms with Gasteiger partial charge < -0.3 is 4.57 Å². The Hall–Kier alpha value is -2.51. The van der Waals surface area contributed by atoms with Crippen LogP contribution >= 0.6 is 23.1 Å². The van der Waals surface area contributed by atoms with Crippen molar-refractivity contribution in [2.75, 3.05) is 0 Å². The Bertz CT molecular complexity index is 964. The fourth-order valence-electron chi connectivity index (χ4n) is 2.42. The van der Waals surface area contributed by atoms with Crippen molar-refractivity contribution in [3.63, 3.8) is 0 Å². The average Bonchev–Trinajstić information content (AvgIpc) is 3.28. The number of hydrogen-bond acceptors (Lipinski definition) is 6. The summed E-state index contributed by atoms with van der Waals surface area (Å²) in [7, 11) is 1.98. The minimum absolute atomic E-state index is 0.769. The second kappa shape index (κ2) is 7.16. The van der Waals surface area contributed by atoms with E-state index in [9.17, 15) is 0 Å². The van der Waals surface area contributed by atoms with Gasteiger partial charge in [-0.1, -0.05) is 42.1 Å². The Morgan fingerprint density at radius 3 is 2.60 bits per heavy atom. The standard InChI is InChI=1S/C18H15N5S2/c1-23-16(13-7-9-19-10-8-13)21-22-18(23)25-12-15-11-24-17(20-15)14-5-3-2-4-6-14/h2-11H,12H2,1H3. The lowest BCUT2D eigenvalue weighted by molar-refractivity contribution is 0.793. The summed E-state index contributed by atoms with van der Waals surface area (Å²) in [5.41, 5.74) is 3.22. The molecule has 124 valence electrons. The van der Waals surface area contributed by atoms with Gasteiger partial charge in [0.25, 0.3) is 0 Å². The molecule has 5 nitrogen and oxygen atoms in total. The van der Waals surface area contributed by atoms with Crippen LogP contribution in [0.2, 0.25) is 0 Å². The Kier molecular flexibility index (Phi) is 4.58. The minimum Gasteiger partial charge on any atom is -0.305 e. The lowest BCUT2D eigenvalue weighted by Gasteiger charge is -2.02. The maximum absolute atomic E-state index is 4.72. The zero-order valence-corrected chi connectivity index (χ0v) is 15.2. The van der Waals surface area contributed by atoms with E-state index < -0.39 is 0 Å². The molecule has 0 aliphatic carbocycles. The van der Waals surface area contributed by atoms with E-state index in [1.54, 1.807) is 35.5 Å². The largest absolute Gasteiger partial charge is 0.305 e. The third-order valence-electron chi connectivity index (χ3n) is 3.70. The SMILES string of the molecule is Cn1c(SCc2csc(-c3ccccc3)n2)nnc1-c1ccncc1. The van der Waals surface area contributed by atoms with Gasteiger partial charge in [-0.3, -0.25) is 4.98 Å². The molecule has 1 aromatic carbocycles. The highest BCUT2D eigenvalue weighted by Crippen LogP contribution is 2.28. The minimum atomic E-state index is 0.769. The monoisotopic (exact) mass is 365 g/mol. The van der Waals surface area contributed by atoms with Gasteiger partial charge in [0.05, 0.1) is 5.69 Å². The summed E-state index contributed by atoms with van der Waals surface area (Å²) in [5.74, 6) is 1.61. The number of thioether (sulfide) groups is 1. The molecule has 0 saturated heterocycles. The van der Waals surface area contributed by atoms with Crippen LogP contribution in [0.3, 0.4) is 0 Å². The predicted molar refractivity (Wildman–Crippen MR) is 101 cm³/mol. The van der Waals surface area contributed by atoms with Crippen LogP contribution in [0.4, 0.5) is 0 Å². The molecular weight excluding hydrogens is 350 g/mol. The van der Waals surface area contributed by atoms with Crippen molar-refractivity contribution in [3.05, 3.63) is 65.9 Å². The lowest BCUT2D eigenvalue weighted by atomic mass is 10.2. The van der Waals surface area contributed by atoms with Crippen molar-refractivity contribution >= 4 is 23.1 Å². The molecule has 7 heteroatoms. The van der Waals surface area contributed by atoms with Crippen LogP contribution < -0.4 is 0 Å². The van der Waals surface area contributed by atoms with Crippen molar-refractivity contribution in [1.82, 2.24) is 24.7 Å². The predicted octanol–water partition coefficient (Wildman–Crippen LogP) is 4.29. The molecule has 0 unspecified atom stereocenters. The van der Waals surface area contributed by atoms with Crippen molar-refractivity contribution in [2.45, 2.75) is 10.9 Å². The smallest absolute Gasteiger partial charge is 0.191 e. The molecule has 0 aliphatic heterocycles. The first kappa shape index (κ1) is 16.0. The molecule has 4 aromatic rings. The molecule has 0 atom stereocenters. The third kappa shape index (κ3) is 3.47. The van der Waals surface area contributed by atoms with Gasteiger partial charge in [-0.25, -0.2) is 4.98 Å². The first-order valence-electron chi connectivity index (χ1n) is 7.73. The van der Waals surface area contributed by atoms with E-state index in [1.807, 2.05) is 41.9 Å². The van der Waals surface area contributed by atoms with Crippen LogP contribution in [-0.2, 0) is 12.8 Å². The first-order valence-corrected chi connectivity index (χ1v) is 9.60. The fraction of sp³-hybridized carbons (Fsp3) is 0.111. The Morgan fingerprint density at radius 1 is 1.00 bits per heavy atom. The van der Waals surface area contributed by atoms with Gasteiger partial charge in [0.15, 0.2) is 11.0 Å². The van der Waals surface area contributed by atoms with Gasteiger partial charge in [0, 0.05) is 41.7 Å². The number of benzene rings is 1. The quantitative estimate of drug-likeness (QED) is 0.494. The molecule has 25 heavy (non-hydrogen) atoms. The summed E-state index contributed by atoms with van der Waals surface area (Å²) in [4.78, 5) is 8.76. The summed E-state index contributed by atoms with van der Waals surface area (Å²) in [6.07, 6.45) is 3.52. The molecule has 0 spiro atoms. The highest BCUT2D eigenvalue weighted by molar-refractivity contribution is 7.98. The van der Waals surface area contributed by atoms with Crippen LogP contribution in [-0.4, -0.2) is 24.7 Å². The Morgan fingerprint density at radius 2 is 1.80 bits per heavy atom. The van der Waals surface area contributed by atoms with Crippen LogP contribution in [0.1, 0.15) is 5.69 Å². The van der Waals surface area contributed by atoms with Crippen molar-refractivity contribution in [3.8, 4) is 22.0 Å². The van der Waals surface area contributed by atoms with E-state index in [0.717, 1.165) is 38.6 Å². The second-order valence-corrected chi connectivity index (χ2v) is 7.20. The molecule has 3 aromatic heterocycles. The summed E-state index contributed by atoms with van der Waals surface area (Å²) in [6.45, 7) is 0. The molecule has 0 N–H and O–H groups in total. The third-order valence-corrected chi connectivity index (χ3v) is 5.69. The van der Waals surface area contributed by atoms with Crippen molar-refractivity contribution < 1.29 is 0 Å². The number of aromatic nitrogens is 5. The molecule has 0 radical (unpaired) electrons. The van der Waals surface area contributed by atoms with Crippen LogP contribution in [0, 0.1) is 0 Å². The zero-order chi connectivity index (χ0) is 17.1. The maximum Gasteiger partial charge on any atom is 0.191 e. The van der Waals surface area contributed by atoms with Gasteiger partial charge in [-0.2, -0.15) is 0 Å². The highest BCUT2D eigenvalue weighted by Gasteiger charge is 2.12. The molecular formula is C18H15N5S2. The number of thiazole rings is 1. The van der Waals surface area contributed by atoms with Gasteiger partial charge in [-0.05, 0) is 12.1 Å². The zero-order valence-electron chi connectivity index (χ0n) is 13.5. The van der Waals surface area contributed by atoms with Crippen molar-refractivity contribution in [1.29, 1.82) is 0 Å². The lowest BCUT2D eigenvalue weighted by Crippen LogP contribution is -1.95. The first-order chi connectivity index (χ1) is 12.3. The second-order valence-electron chi connectivity index (χ2n) is 5.40. The fourth-order valence-corrected chi connectivity index (χ4v) is 4.15. The number of nitrogens with zero attached hydrogens (tertiary/aromatic N) is 5. The Balaban J connectivity index is 1.48. The van der Waals surface area contributed by atoms with E-state index in [4.69, 9.17) is 4.98 Å². The molecule has 3 heterocycles. The van der Waals surface area contributed by atoms with Gasteiger partial charge >= 0.3 is 0 Å². The molecule has 0 amide bonds. The van der Waals surface area contributed by atoms with E-state index in [1.165, 1.54) is 0 Å². The van der Waals surface area contributed by atoms with E-state index in [-0.39, 0.29) is 0 Å². The Labute approximate surface area is 153 Å². The van der Waals surface area contributed by atoms with Crippen LogP contribution in [0.5, 0.6) is 0 Å². The number of pyridine rings is 1. The van der Waals surface area contributed by atoms with Crippen molar-refractivity contribution in [2.24, 2.45) is 7.05 Å². The summed E-state index contributed by atoms with van der Waals surface area (Å²) < 4.78 is 2.00. The molecule has 0 aliphatic rings. The van der Waals surface area contributed by atoms with Gasteiger partial charge in [0.1, 0.15) is 5.01 Å². The van der Waals surface area contributed by atoms with Crippen LogP contribution in [0.15, 0.2) is 65.4 Å². The van der Waals surface area contributed by atoms with Crippen LogP contribution in [0.25, 0.3) is 22.0 Å². The highest BCUT2D eigenvalue weighted by atomic mass is 32.2. The molecule has 0 saturated carbocycles. The number of hydrogen-bond donors (Lipinski definition) is 0. The molecule has 0 bridgehead atoms. The van der Waals surface area contributed by atoms with E-state index >= 15 is 0 Å². The summed E-state index contributed by atoms with van der Waals surface area (Å²) in [5, 5.41) is 12.6. The normalized spacial score (nSPS) is 10.9. The molecule has 4 rings (SSSR count). The summed E-state index contributed by atoms with van der Waals surface area (Å²) in [6, 6.07) is 14.1. The van der Waals surface area contributed by atoms with E-state index in [2.05, 4.69) is 32.7 Å². The maximum atomic E-state index is 4.72.